The number of aromatic nitrogens is 2. The minimum Gasteiger partial charge on any atom is -0.347 e. The summed E-state index contributed by atoms with van der Waals surface area (Å²) >= 11 is 5.72. The van der Waals surface area contributed by atoms with Gasteiger partial charge in [0.15, 0.2) is 0 Å². The van der Waals surface area contributed by atoms with Gasteiger partial charge in [-0.05, 0) is 23.3 Å². The summed E-state index contributed by atoms with van der Waals surface area (Å²) in [5.41, 5.74) is 1.71. The lowest BCUT2D eigenvalue weighted by molar-refractivity contribution is 0.0944. The second kappa shape index (κ2) is 9.05. The van der Waals surface area contributed by atoms with Crippen molar-refractivity contribution in [3.8, 4) is 0 Å². The number of hydrogen-bond donors (Lipinski definition) is 2. The Kier molecular flexibility index (Phi) is 6.29. The van der Waals surface area contributed by atoms with Crippen molar-refractivity contribution in [3.05, 3.63) is 94.3 Å². The van der Waals surface area contributed by atoms with Gasteiger partial charge in [0.2, 0.25) is 0 Å². The Morgan fingerprint density at radius 2 is 1.46 bits per heavy atom. The first kappa shape index (κ1) is 19.4. The molecule has 6 nitrogen and oxygen atoms in total. The lowest BCUT2D eigenvalue weighted by atomic mass is 10.2. The third-order valence-corrected chi connectivity index (χ3v) is 4.15. The zero-order valence-corrected chi connectivity index (χ0v) is 15.4. The fourth-order valence-corrected chi connectivity index (χ4v) is 2.60. The van der Waals surface area contributed by atoms with Crippen LogP contribution in [0.2, 0.25) is 5.02 Å². The summed E-state index contributed by atoms with van der Waals surface area (Å²) in [4.78, 5) is 32.3. The number of carbonyl (C=O) groups excluding carboxylic acids is 2. The van der Waals surface area contributed by atoms with Gasteiger partial charge in [0.05, 0.1) is 5.02 Å². The third-order valence-electron chi connectivity index (χ3n) is 3.87. The molecule has 2 amide bonds. The van der Waals surface area contributed by atoms with Crippen LogP contribution in [0.4, 0.5) is 4.39 Å². The van der Waals surface area contributed by atoms with Crippen molar-refractivity contribution < 1.29 is 14.0 Å². The molecule has 142 valence electrons. The molecule has 0 unspecified atom stereocenters. The first-order valence-corrected chi connectivity index (χ1v) is 8.77. The minimum absolute atomic E-state index is 0.0221. The molecule has 8 heteroatoms. The number of rotatable bonds is 6. The van der Waals surface area contributed by atoms with Crippen LogP contribution in [0.5, 0.6) is 0 Å². The fraction of sp³-hybridized carbons (Fsp3) is 0.100. The van der Waals surface area contributed by atoms with Gasteiger partial charge in [0.1, 0.15) is 23.5 Å². The van der Waals surface area contributed by atoms with Crippen LogP contribution in [-0.4, -0.2) is 21.8 Å². The number of hydrogen-bond acceptors (Lipinski definition) is 4. The molecule has 0 aliphatic heterocycles. The van der Waals surface area contributed by atoms with E-state index < -0.39 is 17.6 Å². The van der Waals surface area contributed by atoms with E-state index in [1.165, 1.54) is 24.3 Å². The van der Waals surface area contributed by atoms with E-state index in [4.69, 9.17) is 11.6 Å². The molecule has 2 aromatic carbocycles. The van der Waals surface area contributed by atoms with E-state index >= 15 is 0 Å². The summed E-state index contributed by atoms with van der Waals surface area (Å²) in [6.45, 7) is 0.481. The largest absolute Gasteiger partial charge is 0.347 e. The number of amides is 2. The normalized spacial score (nSPS) is 10.4. The van der Waals surface area contributed by atoms with Crippen molar-refractivity contribution in [3.63, 3.8) is 0 Å². The van der Waals surface area contributed by atoms with Gasteiger partial charge >= 0.3 is 0 Å². The van der Waals surface area contributed by atoms with Crippen LogP contribution in [0.15, 0.2) is 60.9 Å². The SMILES string of the molecule is O=C(NCc1ccccc1)c1cc(C(=O)NCc2ccc(F)c(Cl)c2)ncn1. The number of halogens is 2. The van der Waals surface area contributed by atoms with E-state index in [1.807, 2.05) is 30.3 Å². The van der Waals surface area contributed by atoms with Crippen molar-refractivity contribution in [2.75, 3.05) is 0 Å². The highest BCUT2D eigenvalue weighted by molar-refractivity contribution is 6.30. The molecule has 0 saturated heterocycles. The van der Waals surface area contributed by atoms with Crippen molar-refractivity contribution >= 4 is 23.4 Å². The number of carbonyl (C=O) groups is 2. The molecule has 0 radical (unpaired) electrons. The molecule has 2 N–H and O–H groups in total. The van der Waals surface area contributed by atoms with Gasteiger partial charge in [-0.3, -0.25) is 9.59 Å². The first-order valence-electron chi connectivity index (χ1n) is 8.39. The van der Waals surface area contributed by atoms with E-state index in [2.05, 4.69) is 20.6 Å². The summed E-state index contributed by atoms with van der Waals surface area (Å²) in [6.07, 6.45) is 1.15. The molecule has 1 aromatic heterocycles. The van der Waals surface area contributed by atoms with E-state index in [1.54, 1.807) is 0 Å². The lowest BCUT2D eigenvalue weighted by Crippen LogP contribution is -2.27. The Labute approximate surface area is 165 Å². The van der Waals surface area contributed by atoms with Gasteiger partial charge in [0, 0.05) is 19.2 Å². The predicted molar refractivity (Wildman–Crippen MR) is 102 cm³/mol. The third kappa shape index (κ3) is 5.11. The maximum Gasteiger partial charge on any atom is 0.270 e. The van der Waals surface area contributed by atoms with E-state index in [9.17, 15) is 14.0 Å². The topological polar surface area (TPSA) is 84.0 Å². The number of nitrogens with zero attached hydrogens (tertiary/aromatic N) is 2. The van der Waals surface area contributed by atoms with Crippen LogP contribution in [0.25, 0.3) is 0 Å². The molecule has 0 atom stereocenters. The Bertz CT molecular complexity index is 999. The van der Waals surface area contributed by atoms with Gasteiger partial charge in [-0.15, -0.1) is 0 Å². The molecular weight excluding hydrogens is 383 g/mol. The molecule has 0 saturated carbocycles. The summed E-state index contributed by atoms with van der Waals surface area (Å²) < 4.78 is 13.2. The fourth-order valence-electron chi connectivity index (χ4n) is 2.40. The van der Waals surface area contributed by atoms with Crippen molar-refractivity contribution in [2.24, 2.45) is 0 Å². The number of benzene rings is 2. The van der Waals surface area contributed by atoms with E-state index in [0.29, 0.717) is 12.1 Å². The van der Waals surface area contributed by atoms with Crippen LogP contribution in [-0.2, 0) is 13.1 Å². The minimum atomic E-state index is -0.529. The van der Waals surface area contributed by atoms with Gasteiger partial charge in [0.25, 0.3) is 11.8 Å². The summed E-state index contributed by atoms with van der Waals surface area (Å²) in [5.74, 6) is -1.43. The second-order valence-electron chi connectivity index (χ2n) is 5.89. The van der Waals surface area contributed by atoms with Crippen LogP contribution in [0, 0.1) is 5.82 Å². The summed E-state index contributed by atoms with van der Waals surface area (Å²) in [5, 5.41) is 5.36. The molecule has 0 spiro atoms. The smallest absolute Gasteiger partial charge is 0.270 e. The molecule has 0 bridgehead atoms. The van der Waals surface area contributed by atoms with Crippen molar-refractivity contribution in [1.29, 1.82) is 0 Å². The molecule has 0 aliphatic rings. The van der Waals surface area contributed by atoms with Gasteiger partial charge in [-0.25, -0.2) is 14.4 Å². The first-order chi connectivity index (χ1) is 13.5. The maximum absolute atomic E-state index is 13.2. The van der Waals surface area contributed by atoms with Crippen molar-refractivity contribution in [2.45, 2.75) is 13.1 Å². The Hall–Kier alpha value is -3.32. The summed E-state index contributed by atoms with van der Waals surface area (Å²) in [7, 11) is 0. The second-order valence-corrected chi connectivity index (χ2v) is 6.30. The number of nitrogens with one attached hydrogen (secondary N) is 2. The quantitative estimate of drug-likeness (QED) is 0.668. The predicted octanol–water partition coefficient (Wildman–Crippen LogP) is 3.13. The average molecular weight is 399 g/mol. The van der Waals surface area contributed by atoms with Gasteiger partial charge in [-0.1, -0.05) is 48.0 Å². The summed E-state index contributed by atoms with van der Waals surface area (Å²) in [6, 6.07) is 14.9. The highest BCUT2D eigenvalue weighted by Gasteiger charge is 2.13. The molecule has 1 heterocycles. The lowest BCUT2D eigenvalue weighted by Gasteiger charge is -2.07. The Morgan fingerprint density at radius 3 is 2.07 bits per heavy atom. The van der Waals surface area contributed by atoms with Crippen LogP contribution in [0.1, 0.15) is 32.1 Å². The monoisotopic (exact) mass is 398 g/mol. The highest BCUT2D eigenvalue weighted by atomic mass is 35.5. The zero-order valence-electron chi connectivity index (χ0n) is 14.7. The van der Waals surface area contributed by atoms with E-state index in [0.717, 1.165) is 11.9 Å². The molecule has 3 rings (SSSR count). The average Bonchev–Trinajstić information content (AvgIpc) is 2.73. The van der Waals surface area contributed by atoms with Crippen molar-refractivity contribution in [1.82, 2.24) is 20.6 Å². The van der Waals surface area contributed by atoms with Crippen LogP contribution in [0.3, 0.4) is 0 Å². The van der Waals surface area contributed by atoms with Crippen LogP contribution >= 0.6 is 11.6 Å². The highest BCUT2D eigenvalue weighted by Crippen LogP contribution is 2.15. The molecule has 0 aliphatic carbocycles. The van der Waals surface area contributed by atoms with Crippen LogP contribution < -0.4 is 10.6 Å². The van der Waals surface area contributed by atoms with Gasteiger partial charge in [-0.2, -0.15) is 0 Å². The molecule has 28 heavy (non-hydrogen) atoms. The molecule has 3 aromatic rings. The Morgan fingerprint density at radius 1 is 0.857 bits per heavy atom. The van der Waals surface area contributed by atoms with E-state index in [-0.39, 0.29) is 23.0 Å². The maximum atomic E-state index is 13.2. The molecule has 0 fully saturated rings. The van der Waals surface area contributed by atoms with Gasteiger partial charge < -0.3 is 10.6 Å². The Balaban J connectivity index is 1.60. The standard InChI is InChI=1S/C20H16ClFN4O2/c21-15-8-14(6-7-16(15)22)11-24-20(28)18-9-17(25-12-26-18)19(27)23-10-13-4-2-1-3-5-13/h1-9,12H,10-11H2,(H,23,27)(H,24,28). The molecular formula is C20H16ClFN4O2. The zero-order chi connectivity index (χ0) is 19.9.